The standard InChI is InChI=1S/C12H15NO2S/c1-15-9-4-2-8(3-5-9)10-6-7-13-11(10)12(14)16/h2-5,10-11,13H,6-7H2,1H3,(H,14,16). The van der Waals surface area contributed by atoms with E-state index in [2.05, 4.69) is 17.9 Å². The SMILES string of the molecule is COc1ccc(C2CCNC2C(=O)S)cc1. The summed E-state index contributed by atoms with van der Waals surface area (Å²) in [4.78, 5) is 11.3. The van der Waals surface area contributed by atoms with Gasteiger partial charge >= 0.3 is 0 Å². The van der Waals surface area contributed by atoms with Crippen LogP contribution in [0.4, 0.5) is 0 Å². The highest BCUT2D eigenvalue weighted by molar-refractivity contribution is 7.96. The third-order valence-corrected chi connectivity index (χ3v) is 3.31. The van der Waals surface area contributed by atoms with Gasteiger partial charge in [-0.15, -0.1) is 12.6 Å². The number of hydrogen-bond acceptors (Lipinski definition) is 3. The first kappa shape index (κ1) is 11.5. The van der Waals surface area contributed by atoms with E-state index < -0.39 is 0 Å². The lowest BCUT2D eigenvalue weighted by Gasteiger charge is -2.16. The molecule has 0 saturated carbocycles. The molecule has 1 heterocycles. The van der Waals surface area contributed by atoms with Crippen molar-refractivity contribution in [2.75, 3.05) is 13.7 Å². The summed E-state index contributed by atoms with van der Waals surface area (Å²) in [6.07, 6.45) is 0.975. The van der Waals surface area contributed by atoms with Gasteiger partial charge < -0.3 is 10.1 Å². The van der Waals surface area contributed by atoms with Crippen molar-refractivity contribution in [2.45, 2.75) is 18.4 Å². The van der Waals surface area contributed by atoms with Gasteiger partial charge in [-0.1, -0.05) is 12.1 Å². The molecule has 0 aromatic heterocycles. The minimum atomic E-state index is -0.156. The van der Waals surface area contributed by atoms with Crippen LogP contribution in [0.3, 0.4) is 0 Å². The Bertz CT molecular complexity index is 377. The predicted molar refractivity (Wildman–Crippen MR) is 66.1 cm³/mol. The predicted octanol–water partition coefficient (Wildman–Crippen LogP) is 1.60. The molecule has 0 amide bonds. The van der Waals surface area contributed by atoms with E-state index in [9.17, 15) is 4.79 Å². The summed E-state index contributed by atoms with van der Waals surface area (Å²) in [5, 5.41) is 3.09. The molecule has 4 heteroatoms. The fraction of sp³-hybridized carbons (Fsp3) is 0.417. The van der Waals surface area contributed by atoms with Gasteiger partial charge in [0.25, 0.3) is 0 Å². The smallest absolute Gasteiger partial charge is 0.203 e. The van der Waals surface area contributed by atoms with Crippen molar-refractivity contribution in [1.29, 1.82) is 0 Å². The lowest BCUT2D eigenvalue weighted by Crippen LogP contribution is -2.31. The third kappa shape index (κ3) is 2.23. The summed E-state index contributed by atoms with van der Waals surface area (Å²) in [7, 11) is 1.65. The molecule has 2 rings (SSSR count). The van der Waals surface area contributed by atoms with Gasteiger partial charge in [-0.3, -0.25) is 4.79 Å². The zero-order valence-corrected chi connectivity index (χ0v) is 10.0. The average Bonchev–Trinajstić information content (AvgIpc) is 2.78. The fourth-order valence-corrected chi connectivity index (χ4v) is 2.44. The summed E-state index contributed by atoms with van der Waals surface area (Å²) in [6.45, 7) is 0.869. The first-order valence-corrected chi connectivity index (χ1v) is 5.77. The van der Waals surface area contributed by atoms with Crippen LogP contribution in [0, 0.1) is 0 Å². The highest BCUT2D eigenvalue weighted by Gasteiger charge is 2.31. The van der Waals surface area contributed by atoms with Crippen molar-refractivity contribution in [3.8, 4) is 5.75 Å². The van der Waals surface area contributed by atoms with Crippen molar-refractivity contribution >= 4 is 17.7 Å². The Morgan fingerprint density at radius 3 is 2.69 bits per heavy atom. The summed E-state index contributed by atoms with van der Waals surface area (Å²) >= 11 is 3.92. The van der Waals surface area contributed by atoms with E-state index in [0.29, 0.717) is 0 Å². The minimum absolute atomic E-state index is 0.0849. The first-order chi connectivity index (χ1) is 7.72. The Kier molecular flexibility index (Phi) is 3.51. The maximum atomic E-state index is 11.3. The second-order valence-electron chi connectivity index (χ2n) is 3.94. The van der Waals surface area contributed by atoms with Gasteiger partial charge in [0.2, 0.25) is 5.12 Å². The molecule has 0 aliphatic carbocycles. The van der Waals surface area contributed by atoms with Gasteiger partial charge in [0, 0.05) is 5.92 Å². The average molecular weight is 237 g/mol. The van der Waals surface area contributed by atoms with Crippen molar-refractivity contribution in [2.24, 2.45) is 0 Å². The second kappa shape index (κ2) is 4.89. The van der Waals surface area contributed by atoms with Crippen molar-refractivity contribution in [3.05, 3.63) is 29.8 Å². The fourth-order valence-electron chi connectivity index (χ4n) is 2.17. The number of thiol groups is 1. The number of benzene rings is 1. The lowest BCUT2D eigenvalue weighted by atomic mass is 9.92. The molecule has 1 aromatic carbocycles. The molecule has 0 radical (unpaired) electrons. The number of carbonyl (C=O) groups excluding carboxylic acids is 1. The van der Waals surface area contributed by atoms with E-state index in [1.807, 2.05) is 24.3 Å². The summed E-state index contributed by atoms with van der Waals surface area (Å²) in [5.41, 5.74) is 1.17. The van der Waals surface area contributed by atoms with E-state index in [4.69, 9.17) is 4.74 Å². The maximum Gasteiger partial charge on any atom is 0.203 e. The zero-order chi connectivity index (χ0) is 11.5. The van der Waals surface area contributed by atoms with Gasteiger partial charge in [0.05, 0.1) is 13.2 Å². The topological polar surface area (TPSA) is 38.3 Å². The molecule has 1 N–H and O–H groups in total. The highest BCUT2D eigenvalue weighted by atomic mass is 32.1. The number of ether oxygens (including phenoxy) is 1. The Hall–Kier alpha value is -1.00. The molecule has 0 bridgehead atoms. The summed E-state index contributed by atoms with van der Waals surface area (Å²) in [6, 6.07) is 7.72. The summed E-state index contributed by atoms with van der Waals surface area (Å²) < 4.78 is 5.11. The van der Waals surface area contributed by atoms with E-state index in [0.717, 1.165) is 18.7 Å². The Morgan fingerprint density at radius 1 is 1.44 bits per heavy atom. The van der Waals surface area contributed by atoms with Gasteiger partial charge in [-0.2, -0.15) is 0 Å². The number of methoxy groups -OCH3 is 1. The molecular weight excluding hydrogens is 222 g/mol. The summed E-state index contributed by atoms with van der Waals surface area (Å²) in [5.74, 6) is 1.07. The molecule has 2 unspecified atom stereocenters. The van der Waals surface area contributed by atoms with Crippen molar-refractivity contribution < 1.29 is 9.53 Å². The molecule has 1 aromatic rings. The normalized spacial score (nSPS) is 24.4. The van der Waals surface area contributed by atoms with Crippen LogP contribution >= 0.6 is 12.6 Å². The highest BCUT2D eigenvalue weighted by Crippen LogP contribution is 2.29. The second-order valence-corrected chi connectivity index (χ2v) is 4.38. The maximum absolute atomic E-state index is 11.3. The molecule has 1 aliphatic heterocycles. The van der Waals surface area contributed by atoms with Crippen LogP contribution in [0.5, 0.6) is 5.75 Å². The monoisotopic (exact) mass is 237 g/mol. The minimum Gasteiger partial charge on any atom is -0.497 e. The van der Waals surface area contributed by atoms with Gasteiger partial charge in [-0.25, -0.2) is 0 Å². The van der Waals surface area contributed by atoms with Crippen LogP contribution in [0.1, 0.15) is 17.9 Å². The Labute approximate surface area is 101 Å². The zero-order valence-electron chi connectivity index (χ0n) is 9.14. The number of nitrogens with one attached hydrogen (secondary N) is 1. The van der Waals surface area contributed by atoms with Crippen LogP contribution in [0.15, 0.2) is 24.3 Å². The largest absolute Gasteiger partial charge is 0.497 e. The van der Waals surface area contributed by atoms with Gasteiger partial charge in [-0.05, 0) is 30.7 Å². The number of rotatable bonds is 3. The first-order valence-electron chi connectivity index (χ1n) is 5.32. The van der Waals surface area contributed by atoms with Crippen LogP contribution in [-0.4, -0.2) is 24.8 Å². The van der Waals surface area contributed by atoms with E-state index in [-0.39, 0.29) is 17.1 Å². The van der Waals surface area contributed by atoms with E-state index >= 15 is 0 Å². The molecule has 1 aliphatic rings. The van der Waals surface area contributed by atoms with E-state index in [1.165, 1.54) is 5.56 Å². The van der Waals surface area contributed by atoms with Gasteiger partial charge in [0.1, 0.15) is 5.75 Å². The molecule has 2 atom stereocenters. The quantitative estimate of drug-likeness (QED) is 0.784. The Balaban J connectivity index is 2.19. The van der Waals surface area contributed by atoms with Crippen molar-refractivity contribution in [1.82, 2.24) is 5.32 Å². The van der Waals surface area contributed by atoms with Crippen LogP contribution in [-0.2, 0) is 4.79 Å². The molecule has 1 fully saturated rings. The molecule has 1 saturated heterocycles. The molecule has 16 heavy (non-hydrogen) atoms. The molecular formula is C12H15NO2S. The Morgan fingerprint density at radius 2 is 2.12 bits per heavy atom. The van der Waals surface area contributed by atoms with E-state index in [1.54, 1.807) is 7.11 Å². The van der Waals surface area contributed by atoms with Crippen LogP contribution < -0.4 is 10.1 Å². The van der Waals surface area contributed by atoms with Gasteiger partial charge in [0.15, 0.2) is 0 Å². The van der Waals surface area contributed by atoms with Crippen molar-refractivity contribution in [3.63, 3.8) is 0 Å². The van der Waals surface area contributed by atoms with Crippen LogP contribution in [0.25, 0.3) is 0 Å². The lowest BCUT2D eigenvalue weighted by molar-refractivity contribution is -0.112. The van der Waals surface area contributed by atoms with Crippen LogP contribution in [0.2, 0.25) is 0 Å². The number of hydrogen-bond donors (Lipinski definition) is 2. The number of carbonyl (C=O) groups is 1. The molecule has 3 nitrogen and oxygen atoms in total. The molecule has 86 valence electrons. The third-order valence-electron chi connectivity index (χ3n) is 3.03. The molecule has 0 spiro atoms.